The van der Waals surface area contributed by atoms with Crippen LogP contribution in [0.5, 0.6) is 0 Å². The monoisotopic (exact) mass is 610 g/mol. The zero-order valence-electron chi connectivity index (χ0n) is 27.0. The molecule has 3 N–H and O–H groups in total. The molecule has 238 valence electrons. The zero-order valence-corrected chi connectivity index (χ0v) is 27.0. The topological polar surface area (TPSA) is 111 Å². The van der Waals surface area contributed by atoms with Gasteiger partial charge in [0.25, 0.3) is 11.5 Å². The maximum absolute atomic E-state index is 13.8. The van der Waals surface area contributed by atoms with Crippen molar-refractivity contribution in [3.63, 3.8) is 0 Å². The van der Waals surface area contributed by atoms with Crippen LogP contribution in [0.4, 0.5) is 5.82 Å². The van der Waals surface area contributed by atoms with Gasteiger partial charge in [0.05, 0.1) is 17.3 Å². The van der Waals surface area contributed by atoms with E-state index in [0.29, 0.717) is 17.2 Å². The van der Waals surface area contributed by atoms with E-state index in [2.05, 4.69) is 69.5 Å². The molecule has 0 atom stereocenters. The molecule has 2 saturated heterocycles. The van der Waals surface area contributed by atoms with Gasteiger partial charge in [0.1, 0.15) is 5.82 Å². The van der Waals surface area contributed by atoms with Crippen molar-refractivity contribution >= 4 is 22.6 Å². The summed E-state index contributed by atoms with van der Waals surface area (Å²) in [6, 6.07) is 11.0. The quantitative estimate of drug-likeness (QED) is 0.257. The SMILES string of the molecule is CCCc1cc(C)[nH]c(=O)c1CNC(=O)c1cc(-c2ccc(N3CCN(C4CCNCC4)CC3)nc2)cc2c1cnn2C(C)C. The average molecular weight is 611 g/mol. The lowest BCUT2D eigenvalue weighted by Gasteiger charge is -2.41. The van der Waals surface area contributed by atoms with E-state index in [1.54, 1.807) is 6.20 Å². The molecule has 1 aromatic carbocycles. The molecular formula is C35H46N8O2. The molecule has 0 spiro atoms. The number of aromatic nitrogens is 4. The van der Waals surface area contributed by atoms with Gasteiger partial charge in [0, 0.05) is 73.2 Å². The molecule has 2 aliphatic rings. The number of aryl methyl sites for hydroxylation is 2. The van der Waals surface area contributed by atoms with Crippen LogP contribution in [0.15, 0.2) is 47.5 Å². The Morgan fingerprint density at radius 3 is 2.51 bits per heavy atom. The van der Waals surface area contributed by atoms with Gasteiger partial charge in [-0.15, -0.1) is 0 Å². The number of carbonyl (C=O) groups excluding carboxylic acids is 1. The van der Waals surface area contributed by atoms with Crippen molar-refractivity contribution in [3.8, 4) is 11.1 Å². The van der Waals surface area contributed by atoms with Crippen LogP contribution in [0.3, 0.4) is 0 Å². The summed E-state index contributed by atoms with van der Waals surface area (Å²) < 4.78 is 1.95. The average Bonchev–Trinajstić information content (AvgIpc) is 3.49. The molecule has 5 heterocycles. The molecule has 0 bridgehead atoms. The van der Waals surface area contributed by atoms with Crippen molar-refractivity contribution < 1.29 is 4.79 Å². The first-order valence-corrected chi connectivity index (χ1v) is 16.5. The number of hydrogen-bond acceptors (Lipinski definition) is 7. The Hall–Kier alpha value is -4.02. The molecule has 6 rings (SSSR count). The van der Waals surface area contributed by atoms with Crippen molar-refractivity contribution in [2.75, 3.05) is 44.2 Å². The summed E-state index contributed by atoms with van der Waals surface area (Å²) in [6.45, 7) is 14.6. The fraction of sp³-hybridized carbons (Fsp3) is 0.486. The van der Waals surface area contributed by atoms with Crippen LogP contribution < -0.4 is 21.1 Å². The minimum Gasteiger partial charge on any atom is -0.354 e. The molecule has 10 heteroatoms. The van der Waals surface area contributed by atoms with Gasteiger partial charge in [-0.1, -0.05) is 13.3 Å². The van der Waals surface area contributed by atoms with E-state index in [0.717, 1.165) is 91.2 Å². The number of rotatable bonds is 9. The fourth-order valence-corrected chi connectivity index (χ4v) is 6.88. The van der Waals surface area contributed by atoms with Crippen molar-refractivity contribution in [1.29, 1.82) is 0 Å². The number of H-pyrrole nitrogens is 1. The molecule has 3 aromatic heterocycles. The summed E-state index contributed by atoms with van der Waals surface area (Å²) in [5.74, 6) is 0.755. The van der Waals surface area contributed by atoms with Crippen LogP contribution >= 0.6 is 0 Å². The minimum absolute atomic E-state index is 0.125. The number of piperidine rings is 1. The molecule has 45 heavy (non-hydrogen) atoms. The molecule has 0 unspecified atom stereocenters. The third-order valence-corrected chi connectivity index (χ3v) is 9.30. The fourth-order valence-electron chi connectivity index (χ4n) is 6.88. The number of fused-ring (bicyclic) bond motifs is 1. The molecule has 0 aliphatic carbocycles. The molecule has 0 radical (unpaired) electrons. The predicted octanol–water partition coefficient (Wildman–Crippen LogP) is 4.43. The summed E-state index contributed by atoms with van der Waals surface area (Å²) in [5, 5.41) is 11.9. The van der Waals surface area contributed by atoms with Gasteiger partial charge in [-0.25, -0.2) is 4.98 Å². The van der Waals surface area contributed by atoms with E-state index in [4.69, 9.17) is 4.98 Å². The van der Waals surface area contributed by atoms with Crippen molar-refractivity contribution in [1.82, 2.24) is 35.3 Å². The van der Waals surface area contributed by atoms with Crippen LogP contribution in [0.1, 0.15) is 73.3 Å². The van der Waals surface area contributed by atoms with Crippen LogP contribution in [0.2, 0.25) is 0 Å². The molecular weight excluding hydrogens is 564 g/mol. The number of nitrogens with zero attached hydrogens (tertiary/aromatic N) is 5. The lowest BCUT2D eigenvalue weighted by atomic mass is 10.00. The van der Waals surface area contributed by atoms with E-state index in [-0.39, 0.29) is 24.1 Å². The maximum Gasteiger partial charge on any atom is 0.253 e. The third-order valence-electron chi connectivity index (χ3n) is 9.30. The summed E-state index contributed by atoms with van der Waals surface area (Å²) >= 11 is 0. The maximum atomic E-state index is 13.8. The number of piperazine rings is 1. The Morgan fingerprint density at radius 2 is 1.82 bits per heavy atom. The Labute approximate surface area is 265 Å². The van der Waals surface area contributed by atoms with Crippen LogP contribution in [-0.2, 0) is 13.0 Å². The molecule has 4 aromatic rings. The van der Waals surface area contributed by atoms with Crippen LogP contribution in [-0.4, -0.2) is 75.9 Å². The van der Waals surface area contributed by atoms with Gasteiger partial charge in [-0.05, 0) is 94.6 Å². The zero-order chi connectivity index (χ0) is 31.5. The predicted molar refractivity (Wildman–Crippen MR) is 180 cm³/mol. The lowest BCUT2D eigenvalue weighted by Crippen LogP contribution is -2.53. The minimum atomic E-state index is -0.233. The van der Waals surface area contributed by atoms with Crippen molar-refractivity contribution in [2.45, 2.75) is 72.0 Å². The lowest BCUT2D eigenvalue weighted by molar-refractivity contribution is 0.0952. The molecule has 10 nitrogen and oxygen atoms in total. The number of pyridine rings is 2. The molecule has 0 saturated carbocycles. The van der Waals surface area contributed by atoms with E-state index < -0.39 is 0 Å². The number of hydrogen-bond donors (Lipinski definition) is 3. The Morgan fingerprint density at radius 1 is 1.04 bits per heavy atom. The van der Waals surface area contributed by atoms with E-state index in [1.165, 1.54) is 12.8 Å². The standard InChI is InChI=1S/C35H46N8O2/c1-5-6-25-17-24(4)40-35(45)30(25)21-38-34(44)29-18-27(19-32-31(29)22-39-43(32)23(2)3)26-7-8-33(37-20-26)42-15-13-41(14-16-42)28-9-11-36-12-10-28/h7-8,17-20,22-23,28,36H,5-6,9-16,21H2,1-4H3,(H,38,44)(H,40,45). The summed E-state index contributed by atoms with van der Waals surface area (Å²) in [6.07, 6.45) is 7.85. The Bertz CT molecular complexity index is 1690. The van der Waals surface area contributed by atoms with Gasteiger partial charge < -0.3 is 20.5 Å². The van der Waals surface area contributed by atoms with Gasteiger partial charge in [-0.3, -0.25) is 19.2 Å². The highest BCUT2D eigenvalue weighted by Gasteiger charge is 2.26. The third kappa shape index (κ3) is 6.67. The second-order valence-electron chi connectivity index (χ2n) is 12.8. The highest BCUT2D eigenvalue weighted by atomic mass is 16.1. The van der Waals surface area contributed by atoms with Crippen LogP contribution in [0.25, 0.3) is 22.0 Å². The van der Waals surface area contributed by atoms with E-state index in [1.807, 2.05) is 29.9 Å². The number of nitrogens with one attached hydrogen (secondary N) is 3. The van der Waals surface area contributed by atoms with Crippen molar-refractivity contribution in [2.24, 2.45) is 0 Å². The second kappa shape index (κ2) is 13.5. The second-order valence-corrected chi connectivity index (χ2v) is 12.8. The summed E-state index contributed by atoms with van der Waals surface area (Å²) in [4.78, 5) is 39.3. The molecule has 2 aliphatic heterocycles. The summed E-state index contributed by atoms with van der Waals surface area (Å²) in [5.41, 5.74) is 5.54. The Balaban J connectivity index is 1.23. The number of carbonyl (C=O) groups is 1. The van der Waals surface area contributed by atoms with E-state index >= 15 is 0 Å². The van der Waals surface area contributed by atoms with Crippen molar-refractivity contribution in [3.05, 3.63) is 75.5 Å². The van der Waals surface area contributed by atoms with Gasteiger partial charge >= 0.3 is 0 Å². The normalized spacial score (nSPS) is 16.5. The Kier molecular flexibility index (Phi) is 9.32. The first-order chi connectivity index (χ1) is 21.8. The van der Waals surface area contributed by atoms with Gasteiger partial charge in [0.15, 0.2) is 0 Å². The number of aromatic amines is 1. The first-order valence-electron chi connectivity index (χ1n) is 16.5. The number of anilines is 1. The number of benzene rings is 1. The largest absolute Gasteiger partial charge is 0.354 e. The molecule has 1 amide bonds. The van der Waals surface area contributed by atoms with Crippen LogP contribution in [0, 0.1) is 6.92 Å². The first kappa shape index (κ1) is 31.0. The van der Waals surface area contributed by atoms with Gasteiger partial charge in [-0.2, -0.15) is 5.10 Å². The number of amides is 1. The highest BCUT2D eigenvalue weighted by molar-refractivity contribution is 6.08. The highest BCUT2D eigenvalue weighted by Crippen LogP contribution is 2.30. The van der Waals surface area contributed by atoms with Gasteiger partial charge in [0.2, 0.25) is 0 Å². The molecule has 2 fully saturated rings. The van der Waals surface area contributed by atoms with E-state index in [9.17, 15) is 9.59 Å². The smallest absolute Gasteiger partial charge is 0.253 e. The summed E-state index contributed by atoms with van der Waals surface area (Å²) in [7, 11) is 0.